The van der Waals surface area contributed by atoms with Crippen LogP contribution in [0.5, 0.6) is 0 Å². The van der Waals surface area contributed by atoms with Gasteiger partial charge in [-0.2, -0.15) is 0 Å². The fraction of sp³-hybridized carbons (Fsp3) is 0.833. The van der Waals surface area contributed by atoms with Crippen molar-refractivity contribution in [3.63, 3.8) is 0 Å². The minimum absolute atomic E-state index is 0.0275. The molecule has 0 radical (unpaired) electrons. The van der Waals surface area contributed by atoms with Gasteiger partial charge in [0.15, 0.2) is 0 Å². The summed E-state index contributed by atoms with van der Waals surface area (Å²) in [4.78, 5) is 25.0. The van der Waals surface area contributed by atoms with Crippen LogP contribution >= 0.6 is 0 Å². The first-order valence-corrected chi connectivity index (χ1v) is 6.32. The highest BCUT2D eigenvalue weighted by Gasteiger charge is 2.25. The number of carbonyl (C=O) groups excluding carboxylic acids is 2. The summed E-state index contributed by atoms with van der Waals surface area (Å²) < 4.78 is 0. The maximum Gasteiger partial charge on any atom is 0.239 e. The zero-order valence-electron chi connectivity index (χ0n) is 10.7. The molecule has 1 fully saturated rings. The fourth-order valence-electron chi connectivity index (χ4n) is 1.80. The van der Waals surface area contributed by atoms with Crippen LogP contribution in [0.25, 0.3) is 0 Å². The van der Waals surface area contributed by atoms with Gasteiger partial charge in [-0.05, 0) is 19.3 Å². The van der Waals surface area contributed by atoms with Crippen LogP contribution in [0, 0.1) is 5.92 Å². The van der Waals surface area contributed by atoms with Crippen LogP contribution in [0.3, 0.4) is 0 Å². The lowest BCUT2D eigenvalue weighted by molar-refractivity contribution is -0.138. The van der Waals surface area contributed by atoms with Gasteiger partial charge in [0, 0.05) is 19.6 Å². The van der Waals surface area contributed by atoms with Crippen LogP contribution < -0.4 is 11.1 Å². The molecule has 0 aromatic rings. The first-order chi connectivity index (χ1) is 8.08. The van der Waals surface area contributed by atoms with Crippen molar-refractivity contribution in [1.29, 1.82) is 0 Å². The standard InChI is InChI=1S/C12H23N3O2/c1-3-4-9(7-13)12(17)15(2)8-11(16)14-10-5-6-10/h9-10H,3-8,13H2,1-2H3,(H,14,16). The molecule has 98 valence electrons. The Labute approximate surface area is 103 Å². The van der Waals surface area contributed by atoms with E-state index in [2.05, 4.69) is 5.32 Å². The minimum atomic E-state index is -0.154. The second kappa shape index (κ2) is 6.59. The molecule has 2 amide bonds. The van der Waals surface area contributed by atoms with Crippen molar-refractivity contribution >= 4 is 11.8 Å². The molecule has 3 N–H and O–H groups in total. The van der Waals surface area contributed by atoms with Crippen molar-refractivity contribution < 1.29 is 9.59 Å². The SMILES string of the molecule is CCCC(CN)C(=O)N(C)CC(=O)NC1CC1. The Morgan fingerprint density at radius 2 is 2.12 bits per heavy atom. The summed E-state index contributed by atoms with van der Waals surface area (Å²) in [6.45, 7) is 2.51. The predicted molar refractivity (Wildman–Crippen MR) is 66.3 cm³/mol. The number of nitrogens with zero attached hydrogens (tertiary/aromatic N) is 1. The normalized spacial score (nSPS) is 16.4. The van der Waals surface area contributed by atoms with Gasteiger partial charge >= 0.3 is 0 Å². The molecular formula is C12H23N3O2. The van der Waals surface area contributed by atoms with Crippen molar-refractivity contribution in [1.82, 2.24) is 10.2 Å². The Morgan fingerprint density at radius 3 is 2.59 bits per heavy atom. The van der Waals surface area contributed by atoms with E-state index >= 15 is 0 Å². The van der Waals surface area contributed by atoms with Gasteiger partial charge in [-0.25, -0.2) is 0 Å². The Bertz CT molecular complexity index is 277. The van der Waals surface area contributed by atoms with Crippen molar-refractivity contribution in [2.75, 3.05) is 20.1 Å². The second-order valence-electron chi connectivity index (χ2n) is 4.76. The first kappa shape index (κ1) is 14.0. The summed E-state index contributed by atoms with van der Waals surface area (Å²) in [6.07, 6.45) is 3.83. The van der Waals surface area contributed by atoms with E-state index in [4.69, 9.17) is 5.73 Å². The zero-order valence-corrected chi connectivity index (χ0v) is 10.7. The molecule has 1 saturated carbocycles. The van der Waals surface area contributed by atoms with Crippen LogP contribution in [0.15, 0.2) is 0 Å². The quantitative estimate of drug-likeness (QED) is 0.663. The summed E-state index contributed by atoms with van der Waals surface area (Å²) in [5, 5.41) is 2.86. The monoisotopic (exact) mass is 241 g/mol. The number of amides is 2. The van der Waals surface area contributed by atoms with E-state index in [0.29, 0.717) is 12.6 Å². The number of hydrogen-bond acceptors (Lipinski definition) is 3. The van der Waals surface area contributed by atoms with Crippen LogP contribution in [0.1, 0.15) is 32.6 Å². The van der Waals surface area contributed by atoms with Gasteiger partial charge in [-0.3, -0.25) is 9.59 Å². The fourth-order valence-corrected chi connectivity index (χ4v) is 1.80. The zero-order chi connectivity index (χ0) is 12.8. The highest BCUT2D eigenvalue weighted by atomic mass is 16.2. The molecule has 1 aliphatic carbocycles. The summed E-state index contributed by atoms with van der Waals surface area (Å²) >= 11 is 0. The number of likely N-dealkylation sites (N-methyl/N-ethyl adjacent to an activating group) is 1. The van der Waals surface area contributed by atoms with Crippen molar-refractivity contribution in [2.45, 2.75) is 38.6 Å². The molecule has 17 heavy (non-hydrogen) atoms. The number of rotatable bonds is 7. The molecule has 0 aromatic heterocycles. The largest absolute Gasteiger partial charge is 0.352 e. The molecule has 1 unspecified atom stereocenters. The number of nitrogens with two attached hydrogens (primary N) is 1. The maximum absolute atomic E-state index is 12.0. The van der Waals surface area contributed by atoms with E-state index in [9.17, 15) is 9.59 Å². The summed E-state index contributed by atoms with van der Waals surface area (Å²) in [5.41, 5.74) is 5.57. The van der Waals surface area contributed by atoms with Gasteiger partial charge in [0.25, 0.3) is 0 Å². The van der Waals surface area contributed by atoms with E-state index in [0.717, 1.165) is 25.7 Å². The third-order valence-electron chi connectivity index (χ3n) is 2.97. The molecule has 0 heterocycles. The molecule has 1 rings (SSSR count). The van der Waals surface area contributed by atoms with Gasteiger partial charge in [0.1, 0.15) is 0 Å². The average molecular weight is 241 g/mol. The topological polar surface area (TPSA) is 75.4 Å². The van der Waals surface area contributed by atoms with Gasteiger partial charge < -0.3 is 16.0 Å². The number of carbonyl (C=O) groups is 2. The Morgan fingerprint density at radius 1 is 1.47 bits per heavy atom. The second-order valence-corrected chi connectivity index (χ2v) is 4.76. The molecule has 1 aliphatic rings. The third-order valence-corrected chi connectivity index (χ3v) is 2.97. The van der Waals surface area contributed by atoms with Crippen LogP contribution in [-0.2, 0) is 9.59 Å². The highest BCUT2D eigenvalue weighted by Crippen LogP contribution is 2.18. The maximum atomic E-state index is 12.0. The van der Waals surface area contributed by atoms with Crippen LogP contribution in [0.4, 0.5) is 0 Å². The lowest BCUT2D eigenvalue weighted by Crippen LogP contribution is -2.43. The number of hydrogen-bond donors (Lipinski definition) is 2. The van der Waals surface area contributed by atoms with Crippen LogP contribution in [-0.4, -0.2) is 42.9 Å². The van der Waals surface area contributed by atoms with Gasteiger partial charge in [0.05, 0.1) is 12.5 Å². The molecular weight excluding hydrogens is 218 g/mol. The highest BCUT2D eigenvalue weighted by molar-refractivity contribution is 5.86. The van der Waals surface area contributed by atoms with E-state index in [1.165, 1.54) is 4.90 Å². The minimum Gasteiger partial charge on any atom is -0.352 e. The van der Waals surface area contributed by atoms with Gasteiger partial charge in [-0.1, -0.05) is 13.3 Å². The Balaban J connectivity index is 2.35. The predicted octanol–water partition coefficient (Wildman–Crippen LogP) is 0.0984. The van der Waals surface area contributed by atoms with E-state index in [1.54, 1.807) is 7.05 Å². The molecule has 0 aromatic carbocycles. The van der Waals surface area contributed by atoms with Crippen molar-refractivity contribution in [3.05, 3.63) is 0 Å². The van der Waals surface area contributed by atoms with Gasteiger partial charge in [0.2, 0.25) is 11.8 Å². The Kier molecular flexibility index (Phi) is 5.41. The molecule has 5 heteroatoms. The lowest BCUT2D eigenvalue weighted by atomic mass is 10.0. The van der Waals surface area contributed by atoms with Crippen molar-refractivity contribution in [2.24, 2.45) is 11.7 Å². The van der Waals surface area contributed by atoms with E-state index in [1.807, 2.05) is 6.92 Å². The molecule has 5 nitrogen and oxygen atoms in total. The van der Waals surface area contributed by atoms with Crippen LogP contribution in [0.2, 0.25) is 0 Å². The van der Waals surface area contributed by atoms with Crippen molar-refractivity contribution in [3.8, 4) is 0 Å². The molecule has 1 atom stereocenters. The van der Waals surface area contributed by atoms with E-state index in [-0.39, 0.29) is 24.3 Å². The molecule has 0 bridgehead atoms. The van der Waals surface area contributed by atoms with E-state index < -0.39 is 0 Å². The van der Waals surface area contributed by atoms with Gasteiger partial charge in [-0.15, -0.1) is 0 Å². The lowest BCUT2D eigenvalue weighted by Gasteiger charge is -2.22. The third kappa shape index (κ3) is 4.73. The summed E-state index contributed by atoms with van der Waals surface area (Å²) in [7, 11) is 1.66. The average Bonchev–Trinajstić information content (AvgIpc) is 3.08. The summed E-state index contributed by atoms with van der Waals surface area (Å²) in [6, 6.07) is 0.340. The first-order valence-electron chi connectivity index (χ1n) is 6.32. The summed E-state index contributed by atoms with van der Waals surface area (Å²) in [5.74, 6) is -0.255. The molecule has 0 saturated heterocycles. The number of nitrogens with one attached hydrogen (secondary N) is 1. The smallest absolute Gasteiger partial charge is 0.239 e. The molecule has 0 spiro atoms. The molecule has 0 aliphatic heterocycles. The Hall–Kier alpha value is -1.10.